The van der Waals surface area contributed by atoms with Gasteiger partial charge >= 0.3 is 0 Å². The normalized spacial score (nSPS) is 29.0. The van der Waals surface area contributed by atoms with Crippen LogP contribution in [-0.4, -0.2) is 36.6 Å². The Hall–Kier alpha value is -0.0800. The van der Waals surface area contributed by atoms with Crippen LogP contribution in [0.25, 0.3) is 0 Å². The Morgan fingerprint density at radius 3 is 2.20 bits per heavy atom. The lowest BCUT2D eigenvalue weighted by molar-refractivity contribution is 0.216. The molecule has 0 saturated heterocycles. The van der Waals surface area contributed by atoms with Crippen LogP contribution in [0.4, 0.5) is 0 Å². The molecule has 3 aliphatic carbocycles. The Kier molecular flexibility index (Phi) is 8.60. The Morgan fingerprint density at radius 2 is 1.48 bits per heavy atom. The highest BCUT2D eigenvalue weighted by Crippen LogP contribution is 2.32. The predicted molar refractivity (Wildman–Crippen MR) is 109 cm³/mol. The molecule has 0 aliphatic heterocycles. The van der Waals surface area contributed by atoms with E-state index in [2.05, 4.69) is 17.3 Å². The summed E-state index contributed by atoms with van der Waals surface area (Å²) in [5.74, 6) is 1.03. The number of nitrogens with zero attached hydrogens (tertiary/aromatic N) is 1. The maximum Gasteiger partial charge on any atom is 0.00922 e. The van der Waals surface area contributed by atoms with E-state index in [9.17, 15) is 0 Å². The molecule has 0 aromatic rings. The molecule has 0 spiro atoms. The van der Waals surface area contributed by atoms with Crippen LogP contribution < -0.4 is 5.32 Å². The van der Waals surface area contributed by atoms with Crippen LogP contribution in [0.3, 0.4) is 0 Å². The third-order valence-corrected chi connectivity index (χ3v) is 7.44. The molecule has 3 aliphatic rings. The van der Waals surface area contributed by atoms with E-state index >= 15 is 0 Å². The molecular formula is C23H44N2. The summed E-state index contributed by atoms with van der Waals surface area (Å²) in [4.78, 5) is 2.68. The summed E-state index contributed by atoms with van der Waals surface area (Å²) in [5.41, 5.74) is 0. The van der Waals surface area contributed by atoms with Crippen LogP contribution in [0.15, 0.2) is 0 Å². The van der Waals surface area contributed by atoms with Gasteiger partial charge in [-0.1, -0.05) is 57.8 Å². The van der Waals surface area contributed by atoms with Crippen molar-refractivity contribution in [3.8, 4) is 0 Å². The van der Waals surface area contributed by atoms with Gasteiger partial charge in [-0.15, -0.1) is 0 Å². The number of hydrogen-bond donors (Lipinski definition) is 1. The first-order valence-corrected chi connectivity index (χ1v) is 11.8. The lowest BCUT2D eigenvalue weighted by Crippen LogP contribution is -2.41. The third-order valence-electron chi connectivity index (χ3n) is 7.44. The Balaban J connectivity index is 1.16. The zero-order valence-electron chi connectivity index (χ0n) is 17.0. The highest BCUT2D eigenvalue weighted by molar-refractivity contribution is 4.86. The van der Waals surface area contributed by atoms with Gasteiger partial charge in [-0.05, 0) is 70.9 Å². The summed E-state index contributed by atoms with van der Waals surface area (Å²) in [6.45, 7) is 1.33. The minimum atomic E-state index is 0.864. The molecule has 0 amide bonds. The summed E-state index contributed by atoms with van der Waals surface area (Å²) in [6.07, 6.45) is 24.9. The Labute approximate surface area is 157 Å². The molecule has 3 saturated carbocycles. The van der Waals surface area contributed by atoms with Crippen molar-refractivity contribution < 1.29 is 0 Å². The topological polar surface area (TPSA) is 15.3 Å². The van der Waals surface area contributed by atoms with Gasteiger partial charge in [0.05, 0.1) is 0 Å². The van der Waals surface area contributed by atoms with Crippen molar-refractivity contribution in [2.24, 2.45) is 5.92 Å². The maximum absolute atomic E-state index is 3.90. The molecule has 2 unspecified atom stereocenters. The van der Waals surface area contributed by atoms with E-state index in [0.29, 0.717) is 0 Å². The smallest absolute Gasteiger partial charge is 0.00922 e. The molecule has 2 nitrogen and oxygen atoms in total. The number of nitrogens with one attached hydrogen (secondary N) is 1. The molecule has 0 aromatic carbocycles. The van der Waals surface area contributed by atoms with E-state index in [4.69, 9.17) is 0 Å². The Bertz CT molecular complexity index is 344. The SMILES string of the molecule is CN(CCCCCCC1CCC(NC2CCC2)C1)C1CCCCCC1. The summed E-state index contributed by atoms with van der Waals surface area (Å²) in [5, 5.41) is 3.90. The van der Waals surface area contributed by atoms with Gasteiger partial charge in [0, 0.05) is 18.1 Å². The number of hydrogen-bond acceptors (Lipinski definition) is 2. The fraction of sp³-hybridized carbons (Fsp3) is 1.00. The highest BCUT2D eigenvalue weighted by Gasteiger charge is 2.27. The minimum absolute atomic E-state index is 0.864. The van der Waals surface area contributed by atoms with Gasteiger partial charge in [-0.3, -0.25) is 0 Å². The van der Waals surface area contributed by atoms with Crippen LogP contribution in [0, 0.1) is 5.92 Å². The fourth-order valence-corrected chi connectivity index (χ4v) is 5.43. The molecule has 25 heavy (non-hydrogen) atoms. The van der Waals surface area contributed by atoms with Crippen molar-refractivity contribution in [2.75, 3.05) is 13.6 Å². The van der Waals surface area contributed by atoms with Crippen LogP contribution in [0.1, 0.15) is 109 Å². The molecule has 3 fully saturated rings. The molecule has 0 radical (unpaired) electrons. The number of unbranched alkanes of at least 4 members (excludes halogenated alkanes) is 3. The van der Waals surface area contributed by atoms with E-state index in [-0.39, 0.29) is 0 Å². The van der Waals surface area contributed by atoms with Gasteiger partial charge in [0.2, 0.25) is 0 Å². The summed E-state index contributed by atoms with van der Waals surface area (Å²) in [6, 6.07) is 2.64. The van der Waals surface area contributed by atoms with Gasteiger partial charge < -0.3 is 10.2 Å². The predicted octanol–water partition coefficient (Wildman–Crippen LogP) is 5.90. The van der Waals surface area contributed by atoms with Crippen LogP contribution in [-0.2, 0) is 0 Å². The third kappa shape index (κ3) is 6.86. The average Bonchev–Trinajstić information content (AvgIpc) is 2.84. The molecule has 2 heteroatoms. The van der Waals surface area contributed by atoms with Crippen LogP contribution in [0.5, 0.6) is 0 Å². The molecule has 2 atom stereocenters. The summed E-state index contributed by atoms with van der Waals surface area (Å²) in [7, 11) is 2.38. The van der Waals surface area contributed by atoms with E-state index in [1.54, 1.807) is 0 Å². The van der Waals surface area contributed by atoms with Crippen molar-refractivity contribution in [1.29, 1.82) is 0 Å². The van der Waals surface area contributed by atoms with Gasteiger partial charge in [0.15, 0.2) is 0 Å². The van der Waals surface area contributed by atoms with Crippen molar-refractivity contribution in [3.63, 3.8) is 0 Å². The van der Waals surface area contributed by atoms with E-state index in [1.807, 2.05) is 0 Å². The summed E-state index contributed by atoms with van der Waals surface area (Å²) >= 11 is 0. The van der Waals surface area contributed by atoms with Crippen molar-refractivity contribution in [3.05, 3.63) is 0 Å². The molecule has 3 rings (SSSR count). The average molecular weight is 349 g/mol. The molecule has 0 bridgehead atoms. The molecule has 146 valence electrons. The van der Waals surface area contributed by atoms with Crippen molar-refractivity contribution >= 4 is 0 Å². The van der Waals surface area contributed by atoms with Crippen LogP contribution >= 0.6 is 0 Å². The van der Waals surface area contributed by atoms with E-state index < -0.39 is 0 Å². The second-order valence-corrected chi connectivity index (χ2v) is 9.50. The molecule has 0 heterocycles. The largest absolute Gasteiger partial charge is 0.311 e. The van der Waals surface area contributed by atoms with Gasteiger partial charge in [-0.25, -0.2) is 0 Å². The number of rotatable bonds is 10. The van der Waals surface area contributed by atoms with Crippen LogP contribution in [0.2, 0.25) is 0 Å². The first-order chi connectivity index (χ1) is 12.3. The lowest BCUT2D eigenvalue weighted by Gasteiger charge is -2.30. The van der Waals surface area contributed by atoms with E-state index in [0.717, 1.165) is 24.0 Å². The molecule has 1 N–H and O–H groups in total. The first kappa shape index (κ1) is 19.7. The summed E-state index contributed by atoms with van der Waals surface area (Å²) < 4.78 is 0. The Morgan fingerprint density at radius 1 is 0.720 bits per heavy atom. The van der Waals surface area contributed by atoms with E-state index in [1.165, 1.54) is 116 Å². The lowest BCUT2D eigenvalue weighted by atomic mass is 9.92. The molecular weight excluding hydrogens is 304 g/mol. The van der Waals surface area contributed by atoms with Gasteiger partial charge in [-0.2, -0.15) is 0 Å². The second-order valence-electron chi connectivity index (χ2n) is 9.50. The minimum Gasteiger partial charge on any atom is -0.311 e. The highest BCUT2D eigenvalue weighted by atomic mass is 15.1. The molecule has 0 aromatic heterocycles. The van der Waals surface area contributed by atoms with Gasteiger partial charge in [0.25, 0.3) is 0 Å². The fourth-order valence-electron chi connectivity index (χ4n) is 5.43. The standard InChI is InChI=1S/C23H44N2/c1-25(23-14-7-2-3-8-15-23)18-9-5-4-6-11-20-16-17-22(19-20)24-21-12-10-13-21/h20-24H,2-19H2,1H3. The van der Waals surface area contributed by atoms with Crippen molar-refractivity contribution in [1.82, 2.24) is 10.2 Å². The van der Waals surface area contributed by atoms with Crippen molar-refractivity contribution in [2.45, 2.75) is 127 Å². The zero-order valence-corrected chi connectivity index (χ0v) is 17.0. The van der Waals surface area contributed by atoms with Gasteiger partial charge in [0.1, 0.15) is 0 Å². The monoisotopic (exact) mass is 348 g/mol. The second kappa shape index (κ2) is 10.9. The quantitative estimate of drug-likeness (QED) is 0.390. The maximum atomic E-state index is 3.90. The zero-order chi connectivity index (χ0) is 17.3. The first-order valence-electron chi connectivity index (χ1n) is 11.8.